The van der Waals surface area contributed by atoms with Gasteiger partial charge in [-0.15, -0.1) is 0 Å². The second-order valence-corrected chi connectivity index (χ2v) is 7.14. The van der Waals surface area contributed by atoms with Gasteiger partial charge >= 0.3 is 0 Å². The highest BCUT2D eigenvalue weighted by molar-refractivity contribution is 6.30. The average Bonchev–Trinajstić information content (AvgIpc) is 2.73. The molecule has 4 heteroatoms. The molecule has 1 unspecified atom stereocenters. The number of nitrogens with zero attached hydrogens (tertiary/aromatic N) is 1. The maximum Gasteiger partial charge on any atom is 0.0755 e. The Morgan fingerprint density at radius 1 is 1.29 bits per heavy atom. The molecule has 0 radical (unpaired) electrons. The minimum absolute atomic E-state index is 0.170. The number of fused-ring (bicyclic) bond motifs is 1. The van der Waals surface area contributed by atoms with E-state index in [4.69, 9.17) is 17.3 Å². The summed E-state index contributed by atoms with van der Waals surface area (Å²) in [6.45, 7) is 6.30. The number of piperazine rings is 1. The molecule has 3 nitrogen and oxygen atoms in total. The second kappa shape index (κ2) is 8.19. The van der Waals surface area contributed by atoms with Crippen LogP contribution in [-0.2, 0) is 6.42 Å². The van der Waals surface area contributed by atoms with Gasteiger partial charge in [0.25, 0.3) is 0 Å². The normalized spacial score (nSPS) is 22.7. The Morgan fingerprint density at radius 3 is 2.83 bits per heavy atom. The molecule has 3 N–H and O–H groups in total. The van der Waals surface area contributed by atoms with Gasteiger partial charge in [-0.2, -0.15) is 0 Å². The van der Waals surface area contributed by atoms with Crippen molar-refractivity contribution >= 4 is 11.6 Å². The molecule has 1 aromatic carbocycles. The van der Waals surface area contributed by atoms with Crippen LogP contribution in [0.5, 0.6) is 0 Å². The maximum absolute atomic E-state index is 6.72. The number of aryl methyl sites for hydroxylation is 1. The van der Waals surface area contributed by atoms with Gasteiger partial charge in [-0.1, -0.05) is 43.2 Å². The second-order valence-electron chi connectivity index (χ2n) is 6.70. The molecule has 1 heterocycles. The number of benzene rings is 1. The van der Waals surface area contributed by atoms with Crippen LogP contribution in [0.4, 0.5) is 0 Å². The molecular formula is C20H28ClN3. The summed E-state index contributed by atoms with van der Waals surface area (Å²) >= 11 is 6.26. The molecule has 0 amide bonds. The van der Waals surface area contributed by atoms with Crippen molar-refractivity contribution in [3.63, 3.8) is 0 Å². The minimum Gasteiger partial charge on any atom is -0.400 e. The molecule has 0 aromatic heterocycles. The summed E-state index contributed by atoms with van der Waals surface area (Å²) in [5, 5.41) is 4.25. The predicted octanol–water partition coefficient (Wildman–Crippen LogP) is 3.80. The highest BCUT2D eigenvalue weighted by atomic mass is 35.5. The number of allylic oxidation sites excluding steroid dienone is 3. The summed E-state index contributed by atoms with van der Waals surface area (Å²) in [6.07, 6.45) is 8.78. The van der Waals surface area contributed by atoms with Gasteiger partial charge in [-0.3, -0.25) is 4.90 Å². The molecule has 0 saturated carbocycles. The Labute approximate surface area is 150 Å². The van der Waals surface area contributed by atoms with Crippen molar-refractivity contribution in [3.8, 4) is 0 Å². The third-order valence-electron chi connectivity index (χ3n) is 5.02. The summed E-state index contributed by atoms with van der Waals surface area (Å²) < 4.78 is 0. The Morgan fingerprint density at radius 2 is 2.08 bits per heavy atom. The smallest absolute Gasteiger partial charge is 0.0755 e. The number of rotatable bonds is 4. The zero-order valence-corrected chi connectivity index (χ0v) is 15.3. The Hall–Kier alpha value is -1.29. The Balaban J connectivity index is 2.00. The van der Waals surface area contributed by atoms with Crippen LogP contribution in [0.1, 0.15) is 43.4 Å². The highest BCUT2D eigenvalue weighted by Gasteiger charge is 2.29. The van der Waals surface area contributed by atoms with Crippen LogP contribution in [0.15, 0.2) is 41.6 Å². The van der Waals surface area contributed by atoms with E-state index >= 15 is 0 Å². The van der Waals surface area contributed by atoms with Crippen molar-refractivity contribution in [1.29, 1.82) is 0 Å². The number of unbranched alkanes of at least 4 members (excludes halogenated alkanes) is 1. The van der Waals surface area contributed by atoms with Crippen LogP contribution in [-0.4, -0.2) is 31.1 Å². The molecule has 1 aliphatic heterocycles. The molecule has 1 fully saturated rings. The summed E-state index contributed by atoms with van der Waals surface area (Å²) in [5.41, 5.74) is 11.7. The van der Waals surface area contributed by atoms with Crippen LogP contribution in [0.2, 0.25) is 5.02 Å². The van der Waals surface area contributed by atoms with E-state index in [9.17, 15) is 0 Å². The lowest BCUT2D eigenvalue weighted by molar-refractivity contribution is 0.194. The summed E-state index contributed by atoms with van der Waals surface area (Å²) in [6, 6.07) is 6.47. The van der Waals surface area contributed by atoms with E-state index in [0.717, 1.165) is 56.2 Å². The fourth-order valence-electron chi connectivity index (χ4n) is 3.72. The van der Waals surface area contributed by atoms with Gasteiger partial charge < -0.3 is 11.1 Å². The third-order valence-corrected chi connectivity index (χ3v) is 5.25. The van der Waals surface area contributed by atoms with E-state index in [1.165, 1.54) is 23.1 Å². The third kappa shape index (κ3) is 3.85. The van der Waals surface area contributed by atoms with Gasteiger partial charge in [0.2, 0.25) is 0 Å². The van der Waals surface area contributed by atoms with Gasteiger partial charge in [-0.25, -0.2) is 0 Å². The number of hydrogen-bond donors (Lipinski definition) is 2. The van der Waals surface area contributed by atoms with Gasteiger partial charge in [0.05, 0.1) is 6.04 Å². The van der Waals surface area contributed by atoms with Crippen LogP contribution in [0.25, 0.3) is 0 Å². The van der Waals surface area contributed by atoms with Crippen molar-refractivity contribution in [3.05, 3.63) is 57.8 Å². The topological polar surface area (TPSA) is 41.3 Å². The quantitative estimate of drug-likeness (QED) is 0.872. The van der Waals surface area contributed by atoms with E-state index in [0.29, 0.717) is 0 Å². The molecule has 1 aliphatic carbocycles. The molecule has 24 heavy (non-hydrogen) atoms. The zero-order valence-electron chi connectivity index (χ0n) is 14.5. The predicted molar refractivity (Wildman–Crippen MR) is 102 cm³/mol. The molecule has 1 aromatic rings. The van der Waals surface area contributed by atoms with Crippen LogP contribution < -0.4 is 11.1 Å². The van der Waals surface area contributed by atoms with Gasteiger partial charge in [0.15, 0.2) is 0 Å². The molecule has 0 spiro atoms. The molecule has 1 saturated heterocycles. The van der Waals surface area contributed by atoms with E-state index < -0.39 is 0 Å². The SMILES string of the molecule is CCC/C=C\C1=C(N)C(N2CCNCC2)c2ccc(Cl)cc2CC1. The zero-order chi connectivity index (χ0) is 16.9. The lowest BCUT2D eigenvalue weighted by Crippen LogP contribution is -2.46. The monoisotopic (exact) mass is 345 g/mol. The molecule has 2 aliphatic rings. The standard InChI is InChI=1S/C20H28ClN3/c1-2-3-4-5-15-6-7-16-14-17(21)8-9-18(16)20(19(15)22)24-12-10-23-11-13-24/h4-5,8-9,14,20,23H,2-3,6-7,10-13,22H2,1H3/b5-4-. The molecule has 130 valence electrons. The first-order chi connectivity index (χ1) is 11.7. The van der Waals surface area contributed by atoms with E-state index in [1.807, 2.05) is 6.07 Å². The van der Waals surface area contributed by atoms with Crippen molar-refractivity contribution in [2.24, 2.45) is 5.73 Å². The van der Waals surface area contributed by atoms with Crippen molar-refractivity contribution in [2.45, 2.75) is 38.6 Å². The van der Waals surface area contributed by atoms with Crippen molar-refractivity contribution in [1.82, 2.24) is 10.2 Å². The van der Waals surface area contributed by atoms with E-state index in [1.54, 1.807) is 0 Å². The van der Waals surface area contributed by atoms with E-state index in [-0.39, 0.29) is 6.04 Å². The van der Waals surface area contributed by atoms with Crippen LogP contribution in [0, 0.1) is 0 Å². The first-order valence-electron chi connectivity index (χ1n) is 9.09. The fourth-order valence-corrected chi connectivity index (χ4v) is 3.91. The number of nitrogens with one attached hydrogen (secondary N) is 1. The van der Waals surface area contributed by atoms with Gasteiger partial charge in [-0.05, 0) is 48.1 Å². The molecule has 3 rings (SSSR count). The maximum atomic E-state index is 6.72. The number of halogens is 1. The van der Waals surface area contributed by atoms with E-state index in [2.05, 4.69) is 41.4 Å². The summed E-state index contributed by atoms with van der Waals surface area (Å²) in [4.78, 5) is 2.51. The van der Waals surface area contributed by atoms with Crippen molar-refractivity contribution < 1.29 is 0 Å². The first kappa shape index (κ1) is 17.5. The van der Waals surface area contributed by atoms with Gasteiger partial charge in [0, 0.05) is 36.9 Å². The summed E-state index contributed by atoms with van der Waals surface area (Å²) in [5.74, 6) is 0. The lowest BCUT2D eigenvalue weighted by atomic mass is 9.96. The molecule has 1 atom stereocenters. The largest absolute Gasteiger partial charge is 0.400 e. The van der Waals surface area contributed by atoms with Crippen LogP contribution in [0.3, 0.4) is 0 Å². The first-order valence-corrected chi connectivity index (χ1v) is 9.46. The van der Waals surface area contributed by atoms with Gasteiger partial charge in [0.1, 0.15) is 0 Å². The molecular weight excluding hydrogens is 318 g/mol. The molecule has 0 bridgehead atoms. The Bertz CT molecular complexity index is 630. The number of hydrogen-bond acceptors (Lipinski definition) is 3. The number of nitrogens with two attached hydrogens (primary N) is 1. The highest BCUT2D eigenvalue weighted by Crippen LogP contribution is 2.36. The lowest BCUT2D eigenvalue weighted by Gasteiger charge is -2.36. The Kier molecular flexibility index (Phi) is 5.99. The average molecular weight is 346 g/mol. The minimum atomic E-state index is 0.170. The fraction of sp³-hybridized carbons (Fsp3) is 0.500. The van der Waals surface area contributed by atoms with Crippen molar-refractivity contribution in [2.75, 3.05) is 26.2 Å². The summed E-state index contributed by atoms with van der Waals surface area (Å²) in [7, 11) is 0. The van der Waals surface area contributed by atoms with Crippen LogP contribution >= 0.6 is 11.6 Å².